The molecule has 1 aromatic carbocycles. The van der Waals surface area contributed by atoms with Crippen LogP contribution in [0.5, 0.6) is 0 Å². The summed E-state index contributed by atoms with van der Waals surface area (Å²) in [6.07, 6.45) is 6.25. The summed E-state index contributed by atoms with van der Waals surface area (Å²) in [5.41, 5.74) is 3.04. The van der Waals surface area contributed by atoms with E-state index in [9.17, 15) is 4.79 Å². The highest BCUT2D eigenvalue weighted by Crippen LogP contribution is 2.38. The van der Waals surface area contributed by atoms with Gasteiger partial charge in [0.15, 0.2) is 0 Å². The van der Waals surface area contributed by atoms with Gasteiger partial charge in [-0.1, -0.05) is 30.3 Å². The van der Waals surface area contributed by atoms with Gasteiger partial charge in [0.1, 0.15) is 11.2 Å². The molecular formula is C23H26N4O2. The van der Waals surface area contributed by atoms with Crippen LogP contribution in [0.1, 0.15) is 38.7 Å². The number of nitrogens with zero attached hydrogens (tertiary/aromatic N) is 2. The van der Waals surface area contributed by atoms with Crippen LogP contribution in [0.4, 0.5) is 5.69 Å². The summed E-state index contributed by atoms with van der Waals surface area (Å²) < 4.78 is 6.22. The Balaban J connectivity index is 1.73. The van der Waals surface area contributed by atoms with Crippen molar-refractivity contribution in [1.29, 1.82) is 0 Å². The topological polar surface area (TPSA) is 75.6 Å². The molecule has 6 nitrogen and oxygen atoms in total. The minimum atomic E-state index is -0.678. The number of ether oxygens (including phenoxy) is 1. The van der Waals surface area contributed by atoms with Crippen LogP contribution in [0.3, 0.4) is 0 Å². The second kappa shape index (κ2) is 8.17. The number of rotatable bonds is 4. The maximum atomic E-state index is 13.1. The first-order valence-corrected chi connectivity index (χ1v) is 10.0. The van der Waals surface area contributed by atoms with Crippen molar-refractivity contribution in [2.45, 2.75) is 44.8 Å². The van der Waals surface area contributed by atoms with Crippen molar-refractivity contribution in [1.82, 2.24) is 10.3 Å². The van der Waals surface area contributed by atoms with Crippen molar-refractivity contribution < 1.29 is 9.53 Å². The van der Waals surface area contributed by atoms with E-state index in [0.29, 0.717) is 23.7 Å². The van der Waals surface area contributed by atoms with Crippen LogP contribution in [-0.2, 0) is 15.1 Å². The molecule has 1 amide bonds. The molecule has 1 aromatic heterocycles. The fraction of sp³-hybridized carbons (Fsp3) is 0.348. The van der Waals surface area contributed by atoms with Gasteiger partial charge in [0.25, 0.3) is 5.91 Å². The van der Waals surface area contributed by atoms with Crippen LogP contribution < -0.4 is 10.6 Å². The summed E-state index contributed by atoms with van der Waals surface area (Å²) in [7, 11) is 0. The van der Waals surface area contributed by atoms with Gasteiger partial charge in [-0.05, 0) is 50.8 Å². The van der Waals surface area contributed by atoms with Crippen LogP contribution in [-0.4, -0.2) is 29.3 Å². The molecule has 2 atom stereocenters. The molecule has 150 valence electrons. The quantitative estimate of drug-likeness (QED) is 0.833. The number of hydrogen-bond donors (Lipinski definition) is 2. The first-order valence-electron chi connectivity index (χ1n) is 10.0. The molecule has 1 fully saturated rings. The summed E-state index contributed by atoms with van der Waals surface area (Å²) in [5, 5.41) is 6.48. The first-order chi connectivity index (χ1) is 14.1. The average molecular weight is 390 g/mol. The van der Waals surface area contributed by atoms with Crippen molar-refractivity contribution in [3.63, 3.8) is 0 Å². The van der Waals surface area contributed by atoms with Gasteiger partial charge in [-0.3, -0.25) is 14.8 Å². The van der Waals surface area contributed by atoms with Crippen LogP contribution >= 0.6 is 0 Å². The zero-order valence-corrected chi connectivity index (χ0v) is 16.8. The highest BCUT2D eigenvalue weighted by atomic mass is 16.5. The third-order valence-electron chi connectivity index (χ3n) is 5.63. The number of benzene rings is 1. The number of carbonyl (C=O) groups is 1. The van der Waals surface area contributed by atoms with E-state index in [1.54, 1.807) is 18.5 Å². The summed E-state index contributed by atoms with van der Waals surface area (Å²) in [5.74, 6) is -0.233. The van der Waals surface area contributed by atoms with E-state index >= 15 is 0 Å². The Kier molecular flexibility index (Phi) is 5.45. The summed E-state index contributed by atoms with van der Waals surface area (Å²) in [6, 6.07) is 13.8. The molecule has 2 unspecified atom stereocenters. The van der Waals surface area contributed by atoms with Gasteiger partial charge in [-0.15, -0.1) is 0 Å². The third-order valence-corrected chi connectivity index (χ3v) is 5.63. The first kappa shape index (κ1) is 19.3. The minimum Gasteiger partial charge on any atom is -0.375 e. The van der Waals surface area contributed by atoms with Gasteiger partial charge < -0.3 is 15.4 Å². The van der Waals surface area contributed by atoms with Crippen molar-refractivity contribution in [3.05, 3.63) is 71.8 Å². The molecule has 0 radical (unpaired) electrons. The number of hydrogen-bond acceptors (Lipinski definition) is 5. The lowest BCUT2D eigenvalue weighted by molar-refractivity contribution is -0.113. The lowest BCUT2D eigenvalue weighted by Crippen LogP contribution is -2.60. The molecule has 2 aliphatic rings. The Morgan fingerprint density at radius 3 is 2.69 bits per heavy atom. The number of carbonyl (C=O) groups excluding carboxylic acids is 1. The maximum absolute atomic E-state index is 13.1. The zero-order valence-electron chi connectivity index (χ0n) is 16.8. The third kappa shape index (κ3) is 3.68. The lowest BCUT2D eigenvalue weighted by atomic mass is 9.76. The monoisotopic (exact) mass is 390 g/mol. The second-order valence-electron chi connectivity index (χ2n) is 7.51. The van der Waals surface area contributed by atoms with E-state index in [4.69, 9.17) is 9.73 Å². The van der Waals surface area contributed by atoms with E-state index in [-0.39, 0.29) is 12.0 Å². The van der Waals surface area contributed by atoms with Crippen molar-refractivity contribution >= 4 is 17.3 Å². The van der Waals surface area contributed by atoms with Crippen LogP contribution in [0.15, 0.2) is 71.2 Å². The molecule has 0 aliphatic carbocycles. The van der Waals surface area contributed by atoms with Gasteiger partial charge in [-0.25, -0.2) is 0 Å². The Bertz CT molecular complexity index is 934. The van der Waals surface area contributed by atoms with Gasteiger partial charge in [0.05, 0.1) is 23.7 Å². The number of nitrogens with one attached hydrogen (secondary N) is 2. The second-order valence-corrected chi connectivity index (χ2v) is 7.51. The number of allylic oxidation sites excluding steroid dienone is 1. The fourth-order valence-electron chi connectivity index (χ4n) is 4.19. The van der Waals surface area contributed by atoms with Gasteiger partial charge in [0, 0.05) is 18.5 Å². The molecule has 2 aromatic rings. The normalized spacial score (nSPS) is 24.5. The lowest BCUT2D eigenvalue weighted by Gasteiger charge is -2.46. The molecule has 3 heterocycles. The van der Waals surface area contributed by atoms with Gasteiger partial charge in [-0.2, -0.15) is 0 Å². The number of aliphatic imine (C=N–C) groups is 1. The van der Waals surface area contributed by atoms with Crippen molar-refractivity contribution in [2.24, 2.45) is 4.99 Å². The highest BCUT2D eigenvalue weighted by Gasteiger charge is 2.47. The van der Waals surface area contributed by atoms with Crippen LogP contribution in [0, 0.1) is 0 Å². The number of pyridine rings is 1. The smallest absolute Gasteiger partial charge is 0.273 e. The molecule has 4 rings (SSSR count). The van der Waals surface area contributed by atoms with Gasteiger partial charge >= 0.3 is 0 Å². The summed E-state index contributed by atoms with van der Waals surface area (Å²) in [6.45, 7) is 4.58. The van der Waals surface area contributed by atoms with E-state index in [0.717, 1.165) is 30.5 Å². The van der Waals surface area contributed by atoms with E-state index < -0.39 is 5.54 Å². The molecule has 0 spiro atoms. The van der Waals surface area contributed by atoms with Gasteiger partial charge in [0.2, 0.25) is 0 Å². The Labute approximate surface area is 171 Å². The molecule has 0 bridgehead atoms. The van der Waals surface area contributed by atoms with Crippen LogP contribution in [0.2, 0.25) is 0 Å². The van der Waals surface area contributed by atoms with Crippen molar-refractivity contribution in [3.8, 4) is 0 Å². The molecular weight excluding hydrogens is 364 g/mol. The van der Waals surface area contributed by atoms with Crippen molar-refractivity contribution in [2.75, 3.05) is 11.9 Å². The maximum Gasteiger partial charge on any atom is 0.273 e. The molecule has 6 heteroatoms. The molecule has 1 saturated heterocycles. The SMILES string of the molecule is CC1=NC(C)=C(C(=O)Nc2cccnc2)NC1(c1ccccc1)C1CCCCO1. The average Bonchev–Trinajstić information content (AvgIpc) is 2.76. The fourth-order valence-corrected chi connectivity index (χ4v) is 4.19. The van der Waals surface area contributed by atoms with Crippen LogP contribution in [0.25, 0.3) is 0 Å². The number of amides is 1. The van der Waals surface area contributed by atoms with E-state index in [2.05, 4.69) is 27.8 Å². The standard InChI is InChI=1S/C23H26N4O2/c1-16-21(22(28)26-19-11-8-13-24-15-19)27-23(17(2)25-16,18-9-4-3-5-10-18)20-12-6-7-14-29-20/h3-5,8-11,13,15,20,27H,6-7,12,14H2,1-2H3,(H,26,28). The largest absolute Gasteiger partial charge is 0.375 e. The molecule has 29 heavy (non-hydrogen) atoms. The Morgan fingerprint density at radius 1 is 1.17 bits per heavy atom. The predicted molar refractivity (Wildman–Crippen MR) is 114 cm³/mol. The van der Waals surface area contributed by atoms with E-state index in [1.165, 1.54) is 0 Å². The molecule has 2 aliphatic heterocycles. The molecule has 2 N–H and O–H groups in total. The number of anilines is 1. The minimum absolute atomic E-state index is 0.100. The summed E-state index contributed by atoms with van der Waals surface area (Å²) >= 11 is 0. The number of aromatic nitrogens is 1. The predicted octanol–water partition coefficient (Wildman–Crippen LogP) is 3.78. The Hall–Kier alpha value is -2.99. The summed E-state index contributed by atoms with van der Waals surface area (Å²) in [4.78, 5) is 22.0. The molecule has 0 saturated carbocycles. The van der Waals surface area contributed by atoms with E-state index in [1.807, 2.05) is 38.1 Å². The Morgan fingerprint density at radius 2 is 2.00 bits per heavy atom. The highest BCUT2D eigenvalue weighted by molar-refractivity contribution is 6.06. The zero-order chi connectivity index (χ0) is 20.3.